The minimum atomic E-state index is -0.106. The molecular formula is C11H18N2OS. The van der Waals surface area contributed by atoms with Crippen molar-refractivity contribution in [1.82, 2.24) is 10.2 Å². The van der Waals surface area contributed by atoms with Gasteiger partial charge in [-0.25, -0.2) is 0 Å². The summed E-state index contributed by atoms with van der Waals surface area (Å²) in [6, 6.07) is 0.500. The van der Waals surface area contributed by atoms with Gasteiger partial charge in [0, 0.05) is 11.3 Å². The van der Waals surface area contributed by atoms with Gasteiger partial charge in [-0.3, -0.25) is 10.1 Å². The molecule has 4 heteroatoms. The highest BCUT2D eigenvalue weighted by Crippen LogP contribution is 2.43. The first-order valence-electron chi connectivity index (χ1n) is 5.86. The Labute approximate surface area is 95.0 Å². The van der Waals surface area contributed by atoms with Crippen molar-refractivity contribution in [2.24, 2.45) is 0 Å². The summed E-state index contributed by atoms with van der Waals surface area (Å²) < 4.78 is 0. The fraction of sp³-hybridized carbons (Fsp3) is 0.909. The SMILES string of the molecule is CSC1CCCC1N1CNC2(CC2)C1=O. The van der Waals surface area contributed by atoms with Crippen LogP contribution in [0.5, 0.6) is 0 Å². The molecule has 2 unspecified atom stereocenters. The van der Waals surface area contributed by atoms with Crippen molar-refractivity contribution in [3.63, 3.8) is 0 Å². The van der Waals surface area contributed by atoms with Gasteiger partial charge in [-0.05, 0) is 31.9 Å². The molecule has 1 N–H and O–H groups in total. The Morgan fingerprint density at radius 1 is 1.47 bits per heavy atom. The van der Waals surface area contributed by atoms with Gasteiger partial charge in [-0.1, -0.05) is 6.42 Å². The highest BCUT2D eigenvalue weighted by atomic mass is 32.2. The summed E-state index contributed by atoms with van der Waals surface area (Å²) in [7, 11) is 0. The molecule has 0 aromatic carbocycles. The van der Waals surface area contributed by atoms with E-state index in [1.165, 1.54) is 19.3 Å². The zero-order chi connectivity index (χ0) is 10.5. The maximum atomic E-state index is 12.2. The maximum Gasteiger partial charge on any atom is 0.244 e. The number of nitrogens with zero attached hydrogens (tertiary/aromatic N) is 1. The van der Waals surface area contributed by atoms with E-state index in [0.717, 1.165) is 19.5 Å². The summed E-state index contributed by atoms with van der Waals surface area (Å²) in [4.78, 5) is 14.3. The molecule has 1 heterocycles. The van der Waals surface area contributed by atoms with E-state index in [1.54, 1.807) is 0 Å². The molecule has 3 nitrogen and oxygen atoms in total. The second kappa shape index (κ2) is 3.39. The topological polar surface area (TPSA) is 32.3 Å². The van der Waals surface area contributed by atoms with Gasteiger partial charge in [-0.15, -0.1) is 0 Å². The fourth-order valence-electron chi connectivity index (χ4n) is 2.98. The van der Waals surface area contributed by atoms with E-state index in [0.29, 0.717) is 17.2 Å². The highest BCUT2D eigenvalue weighted by molar-refractivity contribution is 7.99. The highest BCUT2D eigenvalue weighted by Gasteiger charge is 2.57. The van der Waals surface area contributed by atoms with Crippen LogP contribution in [0.1, 0.15) is 32.1 Å². The van der Waals surface area contributed by atoms with Crippen LogP contribution < -0.4 is 5.32 Å². The van der Waals surface area contributed by atoms with Crippen LogP contribution in [0.3, 0.4) is 0 Å². The zero-order valence-corrected chi connectivity index (χ0v) is 9.98. The molecule has 1 spiro atoms. The molecule has 1 saturated heterocycles. The first-order valence-corrected chi connectivity index (χ1v) is 7.14. The number of carbonyl (C=O) groups excluding carboxylic acids is 1. The standard InChI is InChI=1S/C11H18N2OS/c1-15-9-4-2-3-8(9)13-7-12-11(5-6-11)10(13)14/h8-9,12H,2-7H2,1H3. The zero-order valence-electron chi connectivity index (χ0n) is 9.16. The van der Waals surface area contributed by atoms with Gasteiger partial charge >= 0.3 is 0 Å². The molecule has 0 aromatic heterocycles. The van der Waals surface area contributed by atoms with Crippen molar-refractivity contribution < 1.29 is 4.79 Å². The smallest absolute Gasteiger partial charge is 0.244 e. The summed E-state index contributed by atoms with van der Waals surface area (Å²) in [5.41, 5.74) is -0.106. The van der Waals surface area contributed by atoms with Crippen molar-refractivity contribution in [3.8, 4) is 0 Å². The van der Waals surface area contributed by atoms with Crippen LogP contribution in [-0.4, -0.2) is 40.6 Å². The van der Waals surface area contributed by atoms with Gasteiger partial charge in [0.1, 0.15) is 0 Å². The lowest BCUT2D eigenvalue weighted by molar-refractivity contribution is -0.131. The average molecular weight is 226 g/mol. The molecule has 2 aliphatic carbocycles. The van der Waals surface area contributed by atoms with Crippen molar-refractivity contribution in [3.05, 3.63) is 0 Å². The molecule has 3 fully saturated rings. The van der Waals surface area contributed by atoms with Gasteiger partial charge in [-0.2, -0.15) is 11.8 Å². The van der Waals surface area contributed by atoms with E-state index in [4.69, 9.17) is 0 Å². The summed E-state index contributed by atoms with van der Waals surface area (Å²) in [6.45, 7) is 0.792. The second-order valence-corrected chi connectivity index (χ2v) is 6.04. The van der Waals surface area contributed by atoms with E-state index in [9.17, 15) is 4.79 Å². The molecule has 0 radical (unpaired) electrons. The maximum absolute atomic E-state index is 12.2. The molecule has 1 aliphatic heterocycles. The lowest BCUT2D eigenvalue weighted by Gasteiger charge is -2.28. The molecule has 2 saturated carbocycles. The van der Waals surface area contributed by atoms with Crippen LogP contribution >= 0.6 is 11.8 Å². The monoisotopic (exact) mass is 226 g/mol. The Kier molecular flexibility index (Phi) is 2.25. The van der Waals surface area contributed by atoms with E-state index in [-0.39, 0.29) is 5.54 Å². The van der Waals surface area contributed by atoms with Crippen LogP contribution in [0.4, 0.5) is 0 Å². The van der Waals surface area contributed by atoms with Crippen molar-refractivity contribution in [2.45, 2.75) is 48.9 Å². The van der Waals surface area contributed by atoms with Gasteiger partial charge in [0.2, 0.25) is 5.91 Å². The van der Waals surface area contributed by atoms with Crippen molar-refractivity contribution >= 4 is 17.7 Å². The van der Waals surface area contributed by atoms with Gasteiger partial charge in [0.25, 0.3) is 0 Å². The van der Waals surface area contributed by atoms with Crippen LogP contribution in [0.2, 0.25) is 0 Å². The summed E-state index contributed by atoms with van der Waals surface area (Å²) in [5.74, 6) is 0.383. The fourth-order valence-corrected chi connectivity index (χ4v) is 3.98. The quantitative estimate of drug-likeness (QED) is 0.767. The Balaban J connectivity index is 1.75. The molecule has 3 rings (SSSR count). The Hall–Kier alpha value is -0.220. The number of thioether (sulfide) groups is 1. The number of amides is 1. The third-order valence-corrected chi connectivity index (χ3v) is 5.28. The van der Waals surface area contributed by atoms with E-state index in [1.807, 2.05) is 11.8 Å². The number of nitrogens with one attached hydrogen (secondary N) is 1. The molecule has 15 heavy (non-hydrogen) atoms. The summed E-state index contributed by atoms with van der Waals surface area (Å²) in [5, 5.41) is 4.07. The van der Waals surface area contributed by atoms with E-state index >= 15 is 0 Å². The lowest BCUT2D eigenvalue weighted by Crippen LogP contribution is -2.42. The predicted octanol–water partition coefficient (Wildman–Crippen LogP) is 1.19. The Morgan fingerprint density at radius 2 is 2.27 bits per heavy atom. The lowest BCUT2D eigenvalue weighted by atomic mass is 10.2. The van der Waals surface area contributed by atoms with Crippen LogP contribution in [0.25, 0.3) is 0 Å². The molecule has 0 aromatic rings. The third-order valence-electron chi connectivity index (χ3n) is 4.13. The van der Waals surface area contributed by atoms with Gasteiger partial charge in [0.15, 0.2) is 0 Å². The minimum absolute atomic E-state index is 0.106. The number of rotatable bonds is 2. The van der Waals surface area contributed by atoms with Gasteiger partial charge < -0.3 is 4.90 Å². The molecule has 2 atom stereocenters. The first kappa shape index (κ1) is 9.97. The predicted molar refractivity (Wildman–Crippen MR) is 61.8 cm³/mol. The first-order chi connectivity index (χ1) is 7.27. The third kappa shape index (κ3) is 1.41. The molecule has 3 aliphatic rings. The average Bonchev–Trinajstić information content (AvgIpc) is 2.77. The molecular weight excluding hydrogens is 208 g/mol. The van der Waals surface area contributed by atoms with Crippen molar-refractivity contribution in [1.29, 1.82) is 0 Å². The Morgan fingerprint density at radius 3 is 2.87 bits per heavy atom. The van der Waals surface area contributed by atoms with Crippen LogP contribution in [0.15, 0.2) is 0 Å². The van der Waals surface area contributed by atoms with Crippen LogP contribution in [-0.2, 0) is 4.79 Å². The molecule has 84 valence electrons. The second-order valence-electron chi connectivity index (χ2n) is 4.96. The molecule has 0 bridgehead atoms. The largest absolute Gasteiger partial charge is 0.324 e. The number of hydrogen-bond acceptors (Lipinski definition) is 3. The van der Waals surface area contributed by atoms with Crippen LogP contribution in [0, 0.1) is 0 Å². The number of carbonyl (C=O) groups is 1. The van der Waals surface area contributed by atoms with E-state index in [2.05, 4.69) is 16.5 Å². The summed E-state index contributed by atoms with van der Waals surface area (Å²) in [6.07, 6.45) is 8.05. The van der Waals surface area contributed by atoms with E-state index < -0.39 is 0 Å². The normalized spacial score (nSPS) is 37.9. The minimum Gasteiger partial charge on any atom is -0.324 e. The number of hydrogen-bond donors (Lipinski definition) is 1. The Bertz CT molecular complexity index is 290. The molecule has 1 amide bonds. The van der Waals surface area contributed by atoms with Gasteiger partial charge in [0.05, 0.1) is 12.2 Å². The summed E-state index contributed by atoms with van der Waals surface area (Å²) >= 11 is 1.93. The van der Waals surface area contributed by atoms with Crippen molar-refractivity contribution in [2.75, 3.05) is 12.9 Å².